The number of H-pyrrole nitrogens is 2. The van der Waals surface area contributed by atoms with Crippen molar-refractivity contribution in [1.29, 1.82) is 0 Å². The highest BCUT2D eigenvalue weighted by molar-refractivity contribution is 9.10. The summed E-state index contributed by atoms with van der Waals surface area (Å²) in [6.45, 7) is 0. The highest BCUT2D eigenvalue weighted by Gasteiger charge is 2.17. The molecule has 4 heterocycles. The Bertz CT molecular complexity index is 2370. The van der Waals surface area contributed by atoms with Crippen molar-refractivity contribution in [3.8, 4) is 33.6 Å². The third-order valence-corrected chi connectivity index (χ3v) is 8.39. The van der Waals surface area contributed by atoms with Gasteiger partial charge in [0.1, 0.15) is 17.2 Å². The Hall–Kier alpha value is -4.95. The molecule has 0 saturated heterocycles. The number of aromatic amines is 2. The molecule has 4 nitrogen and oxygen atoms in total. The van der Waals surface area contributed by atoms with E-state index in [2.05, 4.69) is 30.9 Å². The van der Waals surface area contributed by atoms with Gasteiger partial charge in [0.05, 0.1) is 27.9 Å². The summed E-state index contributed by atoms with van der Waals surface area (Å²) < 4.78 is 45.3. The van der Waals surface area contributed by atoms with Gasteiger partial charge in [0.25, 0.3) is 0 Å². The van der Waals surface area contributed by atoms with E-state index in [1.165, 1.54) is 6.07 Å². The zero-order chi connectivity index (χ0) is 28.5. The highest BCUT2D eigenvalue weighted by Crippen LogP contribution is 2.36. The summed E-state index contributed by atoms with van der Waals surface area (Å²) in [5, 5.41) is 2.94. The summed E-state index contributed by atoms with van der Waals surface area (Å²) >= 11 is 3.59. The highest BCUT2D eigenvalue weighted by atomic mass is 79.9. The Morgan fingerprint density at radius 1 is 0.619 bits per heavy atom. The molecule has 0 bridgehead atoms. The van der Waals surface area contributed by atoms with E-state index in [0.717, 1.165) is 43.6 Å². The predicted molar refractivity (Wildman–Crippen MR) is 165 cm³/mol. The monoisotopic (exact) mass is 618 g/mol. The molecule has 0 aliphatic heterocycles. The van der Waals surface area contributed by atoms with Crippen LogP contribution in [-0.2, 0) is 0 Å². The smallest absolute Gasteiger partial charge is 0.157 e. The Labute approximate surface area is 245 Å². The lowest BCUT2D eigenvalue weighted by Crippen LogP contribution is -1.93. The van der Waals surface area contributed by atoms with Gasteiger partial charge >= 0.3 is 0 Å². The fraction of sp³-hybridized carbons (Fsp3) is 0. The van der Waals surface area contributed by atoms with Gasteiger partial charge in [0.2, 0.25) is 0 Å². The van der Waals surface area contributed by atoms with Crippen LogP contribution in [0.15, 0.2) is 102 Å². The van der Waals surface area contributed by atoms with Crippen molar-refractivity contribution in [2.45, 2.75) is 0 Å². The zero-order valence-corrected chi connectivity index (χ0v) is 23.2. The van der Waals surface area contributed by atoms with E-state index in [-0.39, 0.29) is 11.0 Å². The summed E-state index contributed by atoms with van der Waals surface area (Å²) in [6.07, 6.45) is 3.50. The van der Waals surface area contributed by atoms with Crippen molar-refractivity contribution in [3.63, 3.8) is 0 Å². The number of rotatable bonds is 3. The lowest BCUT2D eigenvalue weighted by molar-refractivity contribution is 0.591. The van der Waals surface area contributed by atoms with Crippen LogP contribution < -0.4 is 0 Å². The first-order valence-corrected chi connectivity index (χ1v) is 14.0. The Morgan fingerprint density at radius 2 is 1.33 bits per heavy atom. The lowest BCUT2D eigenvalue weighted by Gasteiger charge is -2.10. The number of hydrogen-bond acceptors (Lipinski definition) is 2. The molecule has 0 atom stereocenters. The SMILES string of the molecule is Fc1cc(F)c2[nH]cc(-c3ccc4ccc(-c5ccc6ccc(-c7c[nH]c8c(Br)cccc78)nc6c5)c(F)c4n3)c2c1. The topological polar surface area (TPSA) is 57.4 Å². The van der Waals surface area contributed by atoms with E-state index in [1.54, 1.807) is 24.4 Å². The standard InChI is InChI=1S/C34H18BrF3N4/c35-26-3-1-2-22-24(15-39-33(22)26)28-10-7-17-4-5-19(12-30(17)41-28)21-9-6-18-8-11-29(42-32(18)31(21)38)25-16-40-34-23(25)13-20(36)14-27(34)37/h1-16,39-40H. The van der Waals surface area contributed by atoms with E-state index in [1.807, 2.05) is 60.8 Å². The van der Waals surface area contributed by atoms with E-state index < -0.39 is 17.5 Å². The van der Waals surface area contributed by atoms with Crippen molar-refractivity contribution in [3.05, 3.63) is 119 Å². The molecule has 0 aliphatic carbocycles. The molecule has 0 radical (unpaired) electrons. The van der Waals surface area contributed by atoms with Gasteiger partial charge in [0, 0.05) is 61.2 Å². The fourth-order valence-electron chi connectivity index (χ4n) is 5.66. The van der Waals surface area contributed by atoms with Gasteiger partial charge < -0.3 is 9.97 Å². The number of fused-ring (bicyclic) bond motifs is 4. The largest absolute Gasteiger partial charge is 0.360 e. The van der Waals surface area contributed by atoms with Crippen LogP contribution in [0.2, 0.25) is 0 Å². The van der Waals surface area contributed by atoms with Gasteiger partial charge in [-0.1, -0.05) is 48.5 Å². The van der Waals surface area contributed by atoms with E-state index in [4.69, 9.17) is 4.98 Å². The van der Waals surface area contributed by atoms with Gasteiger partial charge in [-0.2, -0.15) is 0 Å². The minimum atomic E-state index is -0.698. The average Bonchev–Trinajstić information content (AvgIpc) is 3.62. The van der Waals surface area contributed by atoms with Gasteiger partial charge in [-0.05, 0) is 51.8 Å². The molecule has 202 valence electrons. The van der Waals surface area contributed by atoms with Crippen molar-refractivity contribution in [2.75, 3.05) is 0 Å². The second-order valence-electron chi connectivity index (χ2n) is 10.2. The van der Waals surface area contributed by atoms with Crippen LogP contribution in [0.25, 0.3) is 77.3 Å². The first kappa shape index (κ1) is 24.8. The van der Waals surface area contributed by atoms with Crippen molar-refractivity contribution in [2.24, 2.45) is 0 Å². The molecule has 0 aliphatic rings. The number of nitrogens with one attached hydrogen (secondary N) is 2. The Morgan fingerprint density at radius 3 is 2.19 bits per heavy atom. The predicted octanol–water partition coefficient (Wildman–Crippen LogP) is 9.93. The molecular weight excluding hydrogens is 601 g/mol. The van der Waals surface area contributed by atoms with E-state index >= 15 is 4.39 Å². The first-order chi connectivity index (χ1) is 20.4. The number of aromatic nitrogens is 4. The zero-order valence-electron chi connectivity index (χ0n) is 21.6. The average molecular weight is 619 g/mol. The van der Waals surface area contributed by atoms with Crippen molar-refractivity contribution >= 4 is 59.5 Å². The van der Waals surface area contributed by atoms with Crippen molar-refractivity contribution < 1.29 is 13.2 Å². The second kappa shape index (κ2) is 9.29. The van der Waals surface area contributed by atoms with Crippen LogP contribution in [0, 0.1) is 17.5 Å². The van der Waals surface area contributed by atoms with Crippen LogP contribution in [0.4, 0.5) is 13.2 Å². The summed E-state index contributed by atoms with van der Waals surface area (Å²) in [6, 6.07) is 24.8. The minimum Gasteiger partial charge on any atom is -0.360 e. The third-order valence-electron chi connectivity index (χ3n) is 7.73. The molecule has 8 heteroatoms. The quantitative estimate of drug-likeness (QED) is 0.207. The molecule has 0 amide bonds. The van der Waals surface area contributed by atoms with Crippen LogP contribution in [0.5, 0.6) is 0 Å². The summed E-state index contributed by atoms with van der Waals surface area (Å²) in [4.78, 5) is 15.7. The molecular formula is C34H18BrF3N4. The summed E-state index contributed by atoms with van der Waals surface area (Å²) in [5.74, 6) is -1.87. The van der Waals surface area contributed by atoms with Gasteiger partial charge in [-0.15, -0.1) is 0 Å². The van der Waals surface area contributed by atoms with Crippen LogP contribution >= 0.6 is 15.9 Å². The van der Waals surface area contributed by atoms with Crippen LogP contribution in [0.3, 0.4) is 0 Å². The molecule has 8 rings (SSSR count). The number of pyridine rings is 2. The molecule has 4 aromatic heterocycles. The number of nitrogens with zero attached hydrogens (tertiary/aromatic N) is 2. The number of hydrogen-bond donors (Lipinski definition) is 2. The fourth-order valence-corrected chi connectivity index (χ4v) is 6.14. The van der Waals surface area contributed by atoms with Gasteiger partial charge in [-0.25, -0.2) is 23.1 Å². The van der Waals surface area contributed by atoms with Gasteiger partial charge in [-0.3, -0.25) is 0 Å². The maximum atomic E-state index is 16.1. The molecule has 42 heavy (non-hydrogen) atoms. The molecule has 0 unspecified atom stereocenters. The van der Waals surface area contributed by atoms with Crippen LogP contribution in [0.1, 0.15) is 0 Å². The Balaban J connectivity index is 1.24. The van der Waals surface area contributed by atoms with Gasteiger partial charge in [0.15, 0.2) is 5.82 Å². The maximum Gasteiger partial charge on any atom is 0.157 e. The number of para-hydroxylation sites is 1. The molecule has 0 spiro atoms. The Kier molecular flexibility index (Phi) is 5.49. The minimum absolute atomic E-state index is 0.169. The molecule has 8 aromatic rings. The molecule has 2 N–H and O–H groups in total. The lowest BCUT2D eigenvalue weighted by atomic mass is 10.00. The summed E-state index contributed by atoms with van der Waals surface area (Å²) in [5.41, 5.74) is 5.80. The van der Waals surface area contributed by atoms with E-state index in [9.17, 15) is 8.78 Å². The number of halogens is 4. The third kappa shape index (κ3) is 3.83. The normalized spacial score (nSPS) is 11.8. The summed E-state index contributed by atoms with van der Waals surface area (Å²) in [7, 11) is 0. The molecule has 0 saturated carbocycles. The number of benzene rings is 4. The second-order valence-corrected chi connectivity index (χ2v) is 11.0. The van der Waals surface area contributed by atoms with Crippen LogP contribution in [-0.4, -0.2) is 19.9 Å². The molecule has 4 aromatic carbocycles. The van der Waals surface area contributed by atoms with Crippen molar-refractivity contribution in [1.82, 2.24) is 19.9 Å². The van der Waals surface area contributed by atoms with E-state index in [0.29, 0.717) is 33.2 Å². The molecule has 0 fully saturated rings. The maximum absolute atomic E-state index is 16.1. The first-order valence-electron chi connectivity index (χ1n) is 13.2.